The highest BCUT2D eigenvalue weighted by Crippen LogP contribution is 2.39. The summed E-state index contributed by atoms with van der Waals surface area (Å²) in [5, 5.41) is 26.1. The van der Waals surface area contributed by atoms with Gasteiger partial charge in [0, 0.05) is 24.6 Å². The number of nitrogens with one attached hydrogen (secondary N) is 3. The summed E-state index contributed by atoms with van der Waals surface area (Å²) in [6.07, 6.45) is 2.18. The molecule has 9 nitrogen and oxygen atoms in total. The molecule has 0 aromatic heterocycles. The van der Waals surface area contributed by atoms with E-state index in [-0.39, 0.29) is 30.8 Å². The number of hydrogen-bond donors (Lipinski definition) is 4. The quantitative estimate of drug-likeness (QED) is 0.326. The van der Waals surface area contributed by atoms with Crippen LogP contribution in [0.3, 0.4) is 0 Å². The molecule has 2 aromatic carbocycles. The van der Waals surface area contributed by atoms with Crippen LogP contribution in [-0.4, -0.2) is 65.9 Å². The monoisotopic (exact) mass is 536 g/mol. The van der Waals surface area contributed by atoms with Crippen molar-refractivity contribution in [3.8, 4) is 0 Å². The van der Waals surface area contributed by atoms with Crippen molar-refractivity contribution in [2.45, 2.75) is 69.7 Å². The molecule has 0 spiro atoms. The van der Waals surface area contributed by atoms with Gasteiger partial charge in [-0.05, 0) is 48.6 Å². The van der Waals surface area contributed by atoms with Gasteiger partial charge in [-0.15, -0.1) is 0 Å². The van der Waals surface area contributed by atoms with E-state index in [0.717, 1.165) is 24.0 Å². The maximum Gasteiger partial charge on any atom is 0.251 e. The van der Waals surface area contributed by atoms with E-state index >= 15 is 0 Å². The van der Waals surface area contributed by atoms with Crippen LogP contribution in [0, 0.1) is 5.41 Å². The molecule has 1 fully saturated rings. The summed E-state index contributed by atoms with van der Waals surface area (Å²) in [7, 11) is 1.59. The molecular weight excluding hydrogens is 496 g/mol. The SMILES string of the molecule is CCC1(CC)CC(=O)N(C(COCCOC)c2cccc(C(=O)NC3c4ccccc4CC3(C)O)c2)C(=N)N1. The molecule has 1 aliphatic carbocycles. The van der Waals surface area contributed by atoms with Crippen molar-refractivity contribution in [1.82, 2.24) is 15.5 Å². The van der Waals surface area contributed by atoms with Gasteiger partial charge in [-0.25, -0.2) is 0 Å². The largest absolute Gasteiger partial charge is 0.387 e. The van der Waals surface area contributed by atoms with E-state index in [0.29, 0.717) is 30.8 Å². The molecule has 3 unspecified atom stereocenters. The molecule has 0 saturated carbocycles. The third kappa shape index (κ3) is 6.00. The minimum Gasteiger partial charge on any atom is -0.387 e. The van der Waals surface area contributed by atoms with Crippen LogP contribution in [0.2, 0.25) is 0 Å². The Hall–Kier alpha value is -3.27. The molecule has 4 rings (SSSR count). The molecule has 0 bridgehead atoms. The lowest BCUT2D eigenvalue weighted by Crippen LogP contribution is -2.62. The zero-order valence-electron chi connectivity index (χ0n) is 23.3. The summed E-state index contributed by atoms with van der Waals surface area (Å²) in [6.45, 7) is 6.63. The van der Waals surface area contributed by atoms with Crippen LogP contribution in [0.15, 0.2) is 48.5 Å². The number of carbonyl (C=O) groups excluding carboxylic acids is 2. The lowest BCUT2D eigenvalue weighted by molar-refractivity contribution is -0.134. The number of guanidine groups is 1. The Morgan fingerprint density at radius 1 is 1.18 bits per heavy atom. The third-order valence-corrected chi connectivity index (χ3v) is 8.10. The first-order valence-corrected chi connectivity index (χ1v) is 13.6. The number of rotatable bonds is 11. The van der Waals surface area contributed by atoms with Crippen LogP contribution in [0.25, 0.3) is 0 Å². The van der Waals surface area contributed by atoms with Crippen molar-refractivity contribution in [2.24, 2.45) is 0 Å². The van der Waals surface area contributed by atoms with E-state index < -0.39 is 23.2 Å². The fourth-order valence-electron chi connectivity index (χ4n) is 5.65. The second kappa shape index (κ2) is 11.9. The number of benzene rings is 2. The highest BCUT2D eigenvalue weighted by Gasteiger charge is 2.43. The van der Waals surface area contributed by atoms with Gasteiger partial charge in [0.1, 0.15) is 0 Å². The van der Waals surface area contributed by atoms with Gasteiger partial charge in [-0.3, -0.25) is 19.9 Å². The van der Waals surface area contributed by atoms with Gasteiger partial charge >= 0.3 is 0 Å². The third-order valence-electron chi connectivity index (χ3n) is 8.10. The van der Waals surface area contributed by atoms with Gasteiger partial charge in [-0.2, -0.15) is 0 Å². The summed E-state index contributed by atoms with van der Waals surface area (Å²) in [6, 6.07) is 13.6. The number of carbonyl (C=O) groups is 2. The average molecular weight is 537 g/mol. The van der Waals surface area contributed by atoms with E-state index in [4.69, 9.17) is 14.9 Å². The molecule has 1 saturated heterocycles. The predicted molar refractivity (Wildman–Crippen MR) is 148 cm³/mol. The number of aliphatic hydroxyl groups is 1. The van der Waals surface area contributed by atoms with Crippen molar-refractivity contribution in [1.29, 1.82) is 5.41 Å². The first kappa shape index (κ1) is 28.7. The van der Waals surface area contributed by atoms with E-state index in [1.807, 2.05) is 44.2 Å². The Bertz CT molecular complexity index is 1190. The fourth-order valence-corrected chi connectivity index (χ4v) is 5.65. The van der Waals surface area contributed by atoms with Gasteiger partial charge in [0.25, 0.3) is 5.91 Å². The summed E-state index contributed by atoms with van der Waals surface area (Å²) < 4.78 is 10.9. The van der Waals surface area contributed by atoms with E-state index in [1.165, 1.54) is 4.90 Å². The fraction of sp³-hybridized carbons (Fsp3) is 0.500. The molecule has 3 atom stereocenters. The first-order valence-electron chi connectivity index (χ1n) is 13.6. The molecule has 1 aliphatic heterocycles. The summed E-state index contributed by atoms with van der Waals surface area (Å²) in [5.41, 5.74) is 1.45. The van der Waals surface area contributed by atoms with E-state index in [1.54, 1.807) is 32.2 Å². The summed E-state index contributed by atoms with van der Waals surface area (Å²) in [4.78, 5) is 28.3. The number of hydrogen-bond acceptors (Lipinski definition) is 6. The normalized spacial score (nSPS) is 22.8. The Morgan fingerprint density at radius 3 is 2.62 bits per heavy atom. The maximum absolute atomic E-state index is 13.4. The average Bonchev–Trinajstić information content (AvgIpc) is 3.18. The van der Waals surface area contributed by atoms with Crippen LogP contribution >= 0.6 is 0 Å². The molecule has 1 heterocycles. The maximum atomic E-state index is 13.4. The van der Waals surface area contributed by atoms with Crippen molar-refractivity contribution in [3.63, 3.8) is 0 Å². The molecule has 4 N–H and O–H groups in total. The Morgan fingerprint density at radius 2 is 1.92 bits per heavy atom. The van der Waals surface area contributed by atoms with Gasteiger partial charge in [0.05, 0.1) is 43.9 Å². The topological polar surface area (TPSA) is 124 Å². The minimum atomic E-state index is -1.11. The van der Waals surface area contributed by atoms with E-state index in [2.05, 4.69) is 10.6 Å². The van der Waals surface area contributed by atoms with Gasteiger partial charge in [0.2, 0.25) is 5.91 Å². The highest BCUT2D eigenvalue weighted by molar-refractivity contribution is 6.00. The van der Waals surface area contributed by atoms with Crippen LogP contribution in [0.1, 0.15) is 79.2 Å². The second-order valence-corrected chi connectivity index (χ2v) is 10.7. The van der Waals surface area contributed by atoms with E-state index in [9.17, 15) is 14.7 Å². The number of nitrogens with zero attached hydrogens (tertiary/aromatic N) is 1. The van der Waals surface area contributed by atoms with Crippen molar-refractivity contribution in [3.05, 3.63) is 70.8 Å². The predicted octanol–water partition coefficient (Wildman–Crippen LogP) is 3.48. The van der Waals surface area contributed by atoms with Gasteiger partial charge < -0.3 is 25.2 Å². The number of ether oxygens (including phenoxy) is 2. The number of amides is 2. The second-order valence-electron chi connectivity index (χ2n) is 10.7. The smallest absolute Gasteiger partial charge is 0.251 e. The Labute approximate surface area is 230 Å². The van der Waals surface area contributed by atoms with Crippen molar-refractivity contribution < 1.29 is 24.2 Å². The number of fused-ring (bicyclic) bond motifs is 1. The molecule has 2 amide bonds. The first-order chi connectivity index (χ1) is 18.6. The standard InChI is InChI=1S/C30H40N4O5/c1-5-30(6-2)18-25(35)34(28(31)33-30)24(19-39-15-14-38-4)20-11-9-12-21(16-20)27(36)32-26-23-13-8-7-10-22(23)17-29(26,3)37/h7-13,16,24,26,37H,5-6,14-15,17-19H2,1-4H3,(H2,31,33)(H,32,36). The molecule has 210 valence electrons. The molecular formula is C30H40N4O5. The molecule has 9 heteroatoms. The van der Waals surface area contributed by atoms with Gasteiger partial charge in [-0.1, -0.05) is 50.2 Å². The summed E-state index contributed by atoms with van der Waals surface area (Å²) in [5.74, 6) is -0.452. The minimum absolute atomic E-state index is 0.0313. The number of methoxy groups -OCH3 is 1. The zero-order chi connectivity index (χ0) is 28.2. The molecule has 2 aliphatic rings. The highest BCUT2D eigenvalue weighted by atomic mass is 16.5. The van der Waals surface area contributed by atoms with Gasteiger partial charge in [0.15, 0.2) is 5.96 Å². The Balaban J connectivity index is 1.60. The zero-order valence-corrected chi connectivity index (χ0v) is 23.3. The van der Waals surface area contributed by atoms with Crippen LogP contribution in [-0.2, 0) is 20.7 Å². The molecule has 0 radical (unpaired) electrons. The van der Waals surface area contributed by atoms with Crippen LogP contribution in [0.4, 0.5) is 0 Å². The lowest BCUT2D eigenvalue weighted by Gasteiger charge is -2.44. The molecule has 39 heavy (non-hydrogen) atoms. The van der Waals surface area contributed by atoms with Crippen LogP contribution in [0.5, 0.6) is 0 Å². The summed E-state index contributed by atoms with van der Waals surface area (Å²) >= 11 is 0. The Kier molecular flexibility index (Phi) is 8.73. The van der Waals surface area contributed by atoms with Crippen LogP contribution < -0.4 is 10.6 Å². The lowest BCUT2D eigenvalue weighted by atomic mass is 9.86. The molecule has 2 aromatic rings. The van der Waals surface area contributed by atoms with Crippen molar-refractivity contribution >= 4 is 17.8 Å². The van der Waals surface area contributed by atoms with Crippen molar-refractivity contribution in [2.75, 3.05) is 26.9 Å².